The van der Waals surface area contributed by atoms with Gasteiger partial charge >= 0.3 is 6.09 Å². The number of nitrogens with zero attached hydrogens (tertiary/aromatic N) is 1. The van der Waals surface area contributed by atoms with Crippen molar-refractivity contribution >= 4 is 16.1 Å². The first-order valence-corrected chi connectivity index (χ1v) is 11.7. The lowest BCUT2D eigenvalue weighted by Crippen LogP contribution is -2.58. The quantitative estimate of drug-likeness (QED) is 0.779. The van der Waals surface area contributed by atoms with Crippen LogP contribution in [0.3, 0.4) is 0 Å². The Kier molecular flexibility index (Phi) is 6.95. The van der Waals surface area contributed by atoms with Gasteiger partial charge in [0.25, 0.3) is 0 Å². The number of carbonyl (C=O) groups excluding carboxylic acids is 1. The van der Waals surface area contributed by atoms with Crippen LogP contribution in [0.1, 0.15) is 43.6 Å². The van der Waals surface area contributed by atoms with Crippen LogP contribution in [0.5, 0.6) is 0 Å². The summed E-state index contributed by atoms with van der Waals surface area (Å²) in [6.07, 6.45) is 5.19. The van der Waals surface area contributed by atoms with Gasteiger partial charge in [-0.25, -0.2) is 17.9 Å². The fraction of sp³-hybridized carbons (Fsp3) is 0.650. The number of amides is 1. The number of hydrogen-bond donors (Lipinski definition) is 1. The summed E-state index contributed by atoms with van der Waals surface area (Å²) in [4.78, 5) is 13.8. The van der Waals surface area contributed by atoms with Crippen LogP contribution in [0.2, 0.25) is 0 Å². The molecule has 1 aliphatic heterocycles. The molecule has 1 aliphatic carbocycles. The van der Waals surface area contributed by atoms with Gasteiger partial charge in [-0.15, -0.1) is 0 Å². The highest BCUT2D eigenvalue weighted by molar-refractivity contribution is 7.88. The highest BCUT2D eigenvalue weighted by Gasteiger charge is 2.37. The lowest BCUT2D eigenvalue weighted by atomic mass is 9.97. The molecule has 1 aromatic rings. The molecule has 7 nitrogen and oxygen atoms in total. The van der Waals surface area contributed by atoms with E-state index in [0.29, 0.717) is 25.5 Å². The Labute approximate surface area is 167 Å². The Morgan fingerprint density at radius 1 is 1.21 bits per heavy atom. The van der Waals surface area contributed by atoms with Crippen molar-refractivity contribution in [1.29, 1.82) is 0 Å². The maximum Gasteiger partial charge on any atom is 0.409 e. The maximum absolute atomic E-state index is 12.2. The van der Waals surface area contributed by atoms with Crippen molar-refractivity contribution in [2.75, 3.05) is 26.5 Å². The molecule has 0 radical (unpaired) electrons. The van der Waals surface area contributed by atoms with Gasteiger partial charge in [-0.3, -0.25) is 0 Å². The van der Waals surface area contributed by atoms with Crippen LogP contribution >= 0.6 is 0 Å². The van der Waals surface area contributed by atoms with Crippen molar-refractivity contribution in [2.45, 2.75) is 56.2 Å². The van der Waals surface area contributed by atoms with Gasteiger partial charge in [0, 0.05) is 12.6 Å². The summed E-state index contributed by atoms with van der Waals surface area (Å²) in [7, 11) is -2.04. The first-order chi connectivity index (χ1) is 13.4. The summed E-state index contributed by atoms with van der Waals surface area (Å²) in [5, 5.41) is 0. The number of methoxy groups -OCH3 is 1. The van der Waals surface area contributed by atoms with E-state index < -0.39 is 16.1 Å². The Morgan fingerprint density at radius 2 is 1.96 bits per heavy atom. The van der Waals surface area contributed by atoms with E-state index >= 15 is 0 Å². The standard InChI is InChI=1S/C20H30N2O5S/c1-26-20(23)22-12-6-9-18(21-28(2,24)25)19(22)14-27-17-11-10-16(13-17)15-7-4-3-5-8-15/h3-5,7-8,16-19,21H,6,9-14H2,1-2H3/t16?,17?,18-,19-/m0/s1. The first-order valence-electron chi connectivity index (χ1n) is 9.86. The monoisotopic (exact) mass is 410 g/mol. The highest BCUT2D eigenvalue weighted by atomic mass is 32.2. The second-order valence-electron chi connectivity index (χ2n) is 7.75. The molecule has 4 atom stereocenters. The van der Waals surface area contributed by atoms with Gasteiger partial charge in [-0.1, -0.05) is 30.3 Å². The largest absolute Gasteiger partial charge is 0.453 e. The van der Waals surface area contributed by atoms with Crippen LogP contribution in [0.15, 0.2) is 30.3 Å². The fourth-order valence-corrected chi connectivity index (χ4v) is 5.20. The number of rotatable bonds is 6. The highest BCUT2D eigenvalue weighted by Crippen LogP contribution is 2.36. The summed E-state index contributed by atoms with van der Waals surface area (Å²) in [6, 6.07) is 9.70. The SMILES string of the molecule is COC(=O)N1CCC[C@H](NS(C)(=O)=O)[C@@H]1COC1CCC(c2ccccc2)C1. The van der Waals surface area contributed by atoms with E-state index in [1.54, 1.807) is 4.90 Å². The molecule has 3 rings (SSSR count). The molecule has 156 valence electrons. The summed E-state index contributed by atoms with van der Waals surface area (Å²) in [5.41, 5.74) is 1.33. The second kappa shape index (κ2) is 9.24. The Hall–Kier alpha value is -1.64. The number of ether oxygens (including phenoxy) is 2. The normalized spacial score (nSPS) is 28.3. The number of piperidine rings is 1. The van der Waals surface area contributed by atoms with Crippen LogP contribution in [-0.2, 0) is 19.5 Å². The summed E-state index contributed by atoms with van der Waals surface area (Å²) < 4.78 is 37.3. The zero-order valence-electron chi connectivity index (χ0n) is 16.5. The van der Waals surface area contributed by atoms with Crippen LogP contribution < -0.4 is 4.72 Å². The average molecular weight is 411 g/mol. The first kappa shape index (κ1) is 21.1. The van der Waals surface area contributed by atoms with E-state index in [4.69, 9.17) is 9.47 Å². The smallest absolute Gasteiger partial charge is 0.409 e. The molecule has 1 heterocycles. The second-order valence-corrected chi connectivity index (χ2v) is 9.53. The third-order valence-electron chi connectivity index (χ3n) is 5.71. The number of likely N-dealkylation sites (tertiary alicyclic amines) is 1. The number of sulfonamides is 1. The Balaban J connectivity index is 1.63. The van der Waals surface area contributed by atoms with Gasteiger partial charge in [0.15, 0.2) is 0 Å². The van der Waals surface area contributed by atoms with E-state index in [-0.39, 0.29) is 18.2 Å². The molecule has 2 unspecified atom stereocenters. The van der Waals surface area contributed by atoms with Crippen LogP contribution in [0.4, 0.5) is 4.79 Å². The minimum Gasteiger partial charge on any atom is -0.453 e. The van der Waals surface area contributed by atoms with E-state index in [1.165, 1.54) is 12.7 Å². The summed E-state index contributed by atoms with van der Waals surface area (Å²) in [5.74, 6) is 0.485. The number of hydrogen-bond acceptors (Lipinski definition) is 5. The molecule has 8 heteroatoms. The molecule has 1 N–H and O–H groups in total. The van der Waals surface area contributed by atoms with Gasteiger partial charge in [-0.05, 0) is 43.6 Å². The maximum atomic E-state index is 12.2. The van der Waals surface area contributed by atoms with E-state index in [9.17, 15) is 13.2 Å². The minimum atomic E-state index is -3.38. The van der Waals surface area contributed by atoms with Gasteiger partial charge in [-0.2, -0.15) is 0 Å². The van der Waals surface area contributed by atoms with Gasteiger partial charge in [0.05, 0.1) is 32.1 Å². The van der Waals surface area contributed by atoms with Gasteiger partial charge in [0.1, 0.15) is 0 Å². The molecular formula is C20H30N2O5S. The molecule has 0 aromatic heterocycles. The Bertz CT molecular complexity index is 755. The molecule has 1 aromatic carbocycles. The number of benzene rings is 1. The third kappa shape index (κ3) is 5.46. The zero-order valence-corrected chi connectivity index (χ0v) is 17.4. The van der Waals surface area contributed by atoms with Crippen molar-refractivity contribution in [3.05, 3.63) is 35.9 Å². The molecule has 0 bridgehead atoms. The van der Waals surface area contributed by atoms with Gasteiger partial charge in [0.2, 0.25) is 10.0 Å². The van der Waals surface area contributed by atoms with Crippen LogP contribution in [0, 0.1) is 0 Å². The predicted molar refractivity (Wildman–Crippen MR) is 107 cm³/mol. The minimum absolute atomic E-state index is 0.116. The molecule has 2 aliphatic rings. The van der Waals surface area contributed by atoms with Crippen molar-refractivity contribution in [3.63, 3.8) is 0 Å². The zero-order chi connectivity index (χ0) is 20.1. The lowest BCUT2D eigenvalue weighted by molar-refractivity contribution is -0.00793. The van der Waals surface area contributed by atoms with Gasteiger partial charge < -0.3 is 14.4 Å². The third-order valence-corrected chi connectivity index (χ3v) is 6.44. The van der Waals surface area contributed by atoms with Crippen molar-refractivity contribution in [3.8, 4) is 0 Å². The molecule has 0 spiro atoms. The molecular weight excluding hydrogens is 380 g/mol. The van der Waals surface area contributed by atoms with E-state index in [2.05, 4.69) is 29.0 Å². The molecule has 1 saturated carbocycles. The summed E-state index contributed by atoms with van der Waals surface area (Å²) in [6.45, 7) is 0.842. The number of carbonyl (C=O) groups is 1. The fourth-order valence-electron chi connectivity index (χ4n) is 4.37. The predicted octanol–water partition coefficient (Wildman–Crippen LogP) is 2.49. The van der Waals surface area contributed by atoms with E-state index in [1.807, 2.05) is 6.07 Å². The molecule has 1 amide bonds. The molecule has 1 saturated heterocycles. The van der Waals surface area contributed by atoms with Crippen molar-refractivity contribution in [2.24, 2.45) is 0 Å². The molecule has 28 heavy (non-hydrogen) atoms. The summed E-state index contributed by atoms with van der Waals surface area (Å²) >= 11 is 0. The number of nitrogens with one attached hydrogen (secondary N) is 1. The van der Waals surface area contributed by atoms with E-state index in [0.717, 1.165) is 31.9 Å². The van der Waals surface area contributed by atoms with Crippen molar-refractivity contribution < 1.29 is 22.7 Å². The average Bonchev–Trinajstić information content (AvgIpc) is 3.14. The van der Waals surface area contributed by atoms with Crippen molar-refractivity contribution in [1.82, 2.24) is 9.62 Å². The lowest BCUT2D eigenvalue weighted by Gasteiger charge is -2.40. The topological polar surface area (TPSA) is 84.9 Å². The Morgan fingerprint density at radius 3 is 2.64 bits per heavy atom. The molecule has 2 fully saturated rings. The van der Waals surface area contributed by atoms with Crippen LogP contribution in [-0.4, -0.2) is 64.1 Å². The van der Waals surface area contributed by atoms with Crippen LogP contribution in [0.25, 0.3) is 0 Å².